The minimum absolute atomic E-state index is 0.0458. The number of aromatic hydroxyl groups is 1. The Balaban J connectivity index is 2.05. The standard InChI is InChI=1S/C13H18N2O2S/c1-18-12-4-2-3-10(12)15-13(17)8-5-6-9(14)11(16)7-8/h5-7,10,12,16H,2-4,14H2,1H3,(H,15,17). The number of hydrogen-bond acceptors (Lipinski definition) is 4. The Morgan fingerprint density at radius 2 is 2.28 bits per heavy atom. The number of anilines is 1. The van der Waals surface area contributed by atoms with Crippen molar-refractivity contribution in [1.29, 1.82) is 0 Å². The summed E-state index contributed by atoms with van der Waals surface area (Å²) in [5.41, 5.74) is 6.25. The third-order valence-electron chi connectivity index (χ3n) is 3.36. The molecule has 1 aliphatic rings. The summed E-state index contributed by atoms with van der Waals surface area (Å²) in [6, 6.07) is 4.82. The number of nitrogens with two attached hydrogens (primary N) is 1. The molecule has 18 heavy (non-hydrogen) atoms. The van der Waals surface area contributed by atoms with E-state index in [-0.39, 0.29) is 23.4 Å². The van der Waals surface area contributed by atoms with Gasteiger partial charge in [-0.1, -0.05) is 6.42 Å². The molecule has 4 nitrogen and oxygen atoms in total. The number of thioether (sulfide) groups is 1. The van der Waals surface area contributed by atoms with E-state index in [4.69, 9.17) is 5.73 Å². The molecule has 0 saturated heterocycles. The molecule has 1 saturated carbocycles. The lowest BCUT2D eigenvalue weighted by atomic mass is 10.1. The lowest BCUT2D eigenvalue weighted by molar-refractivity contribution is 0.0938. The van der Waals surface area contributed by atoms with Crippen LogP contribution in [-0.4, -0.2) is 28.6 Å². The van der Waals surface area contributed by atoms with Crippen LogP contribution in [0.25, 0.3) is 0 Å². The minimum atomic E-state index is -0.142. The van der Waals surface area contributed by atoms with Crippen LogP contribution in [0.5, 0.6) is 5.75 Å². The molecule has 1 aromatic rings. The number of nitrogens with one attached hydrogen (secondary N) is 1. The van der Waals surface area contributed by atoms with Gasteiger partial charge in [-0.25, -0.2) is 0 Å². The first-order chi connectivity index (χ1) is 8.61. The van der Waals surface area contributed by atoms with Crippen molar-refractivity contribution in [3.8, 4) is 5.75 Å². The monoisotopic (exact) mass is 266 g/mol. The second kappa shape index (κ2) is 5.52. The molecule has 2 atom stereocenters. The molecule has 98 valence electrons. The van der Waals surface area contributed by atoms with Gasteiger partial charge in [-0.2, -0.15) is 11.8 Å². The average Bonchev–Trinajstić information content (AvgIpc) is 2.79. The molecule has 1 aliphatic carbocycles. The first kappa shape index (κ1) is 13.1. The summed E-state index contributed by atoms with van der Waals surface area (Å²) in [5.74, 6) is -0.188. The Hall–Kier alpha value is -1.36. The molecule has 0 spiro atoms. The van der Waals surface area contributed by atoms with Crippen molar-refractivity contribution in [2.45, 2.75) is 30.6 Å². The summed E-state index contributed by atoms with van der Waals surface area (Å²) >= 11 is 1.80. The summed E-state index contributed by atoms with van der Waals surface area (Å²) < 4.78 is 0. The van der Waals surface area contributed by atoms with Crippen molar-refractivity contribution >= 4 is 23.4 Å². The smallest absolute Gasteiger partial charge is 0.251 e. The van der Waals surface area contributed by atoms with E-state index in [2.05, 4.69) is 11.6 Å². The van der Waals surface area contributed by atoms with E-state index >= 15 is 0 Å². The van der Waals surface area contributed by atoms with Gasteiger partial charge in [0, 0.05) is 16.9 Å². The van der Waals surface area contributed by atoms with Gasteiger partial charge in [0.1, 0.15) is 5.75 Å². The molecule has 0 aromatic heterocycles. The first-order valence-electron chi connectivity index (χ1n) is 6.04. The molecule has 2 rings (SSSR count). The number of carbonyl (C=O) groups is 1. The van der Waals surface area contributed by atoms with E-state index in [0.717, 1.165) is 19.3 Å². The third-order valence-corrected chi connectivity index (χ3v) is 4.53. The van der Waals surface area contributed by atoms with E-state index in [0.29, 0.717) is 10.8 Å². The van der Waals surface area contributed by atoms with Crippen molar-refractivity contribution < 1.29 is 9.90 Å². The molecule has 1 fully saturated rings. The van der Waals surface area contributed by atoms with Crippen LogP contribution in [0.15, 0.2) is 18.2 Å². The SMILES string of the molecule is CSC1CCCC1NC(=O)c1ccc(N)c(O)c1. The normalized spacial score (nSPS) is 22.9. The maximum atomic E-state index is 12.1. The van der Waals surface area contributed by atoms with Gasteiger partial charge in [0.05, 0.1) is 5.69 Å². The Kier molecular flexibility index (Phi) is 4.01. The largest absolute Gasteiger partial charge is 0.506 e. The molecule has 5 heteroatoms. The Morgan fingerprint density at radius 1 is 1.50 bits per heavy atom. The maximum absolute atomic E-state index is 12.1. The van der Waals surface area contributed by atoms with Gasteiger partial charge in [-0.3, -0.25) is 4.79 Å². The molecule has 2 unspecified atom stereocenters. The summed E-state index contributed by atoms with van der Waals surface area (Å²) in [6.07, 6.45) is 5.41. The Labute approximate surface area is 111 Å². The number of amides is 1. The van der Waals surface area contributed by atoms with Crippen molar-refractivity contribution in [2.24, 2.45) is 0 Å². The molecule has 0 heterocycles. The number of hydrogen-bond donors (Lipinski definition) is 3. The van der Waals surface area contributed by atoms with Crippen LogP contribution in [0.4, 0.5) is 5.69 Å². The van der Waals surface area contributed by atoms with Crippen LogP contribution >= 0.6 is 11.8 Å². The highest BCUT2D eigenvalue weighted by Crippen LogP contribution is 2.29. The predicted octanol–water partition coefficient (Wildman–Crippen LogP) is 1.99. The quantitative estimate of drug-likeness (QED) is 0.577. The summed E-state index contributed by atoms with van der Waals surface area (Å²) in [6.45, 7) is 0. The van der Waals surface area contributed by atoms with Crippen molar-refractivity contribution in [1.82, 2.24) is 5.32 Å². The van der Waals surface area contributed by atoms with Crippen LogP contribution in [0.2, 0.25) is 0 Å². The van der Waals surface area contributed by atoms with Crippen molar-refractivity contribution in [3.63, 3.8) is 0 Å². The van der Waals surface area contributed by atoms with E-state index in [1.165, 1.54) is 6.07 Å². The number of carbonyl (C=O) groups excluding carboxylic acids is 1. The highest BCUT2D eigenvalue weighted by atomic mass is 32.2. The second-order valence-corrected chi connectivity index (χ2v) is 5.64. The number of benzene rings is 1. The Bertz CT molecular complexity index is 451. The van der Waals surface area contributed by atoms with E-state index in [9.17, 15) is 9.90 Å². The van der Waals surface area contributed by atoms with Crippen LogP contribution in [0, 0.1) is 0 Å². The second-order valence-electron chi connectivity index (χ2n) is 4.56. The van der Waals surface area contributed by atoms with E-state index < -0.39 is 0 Å². The molecule has 0 radical (unpaired) electrons. The zero-order valence-electron chi connectivity index (χ0n) is 10.3. The van der Waals surface area contributed by atoms with E-state index in [1.54, 1.807) is 23.9 Å². The number of nitrogen functional groups attached to an aromatic ring is 1. The van der Waals surface area contributed by atoms with Gasteiger partial charge in [-0.05, 0) is 37.3 Å². The van der Waals surface area contributed by atoms with E-state index in [1.807, 2.05) is 0 Å². The zero-order valence-corrected chi connectivity index (χ0v) is 11.2. The highest BCUT2D eigenvalue weighted by Gasteiger charge is 2.28. The van der Waals surface area contributed by atoms with Gasteiger partial charge in [0.25, 0.3) is 5.91 Å². The van der Waals surface area contributed by atoms with Gasteiger partial charge >= 0.3 is 0 Å². The topological polar surface area (TPSA) is 75.4 Å². The third kappa shape index (κ3) is 2.72. The van der Waals surface area contributed by atoms with Crippen molar-refractivity contribution in [3.05, 3.63) is 23.8 Å². The van der Waals surface area contributed by atoms with Gasteiger partial charge in [0.2, 0.25) is 0 Å². The van der Waals surface area contributed by atoms with Crippen molar-refractivity contribution in [2.75, 3.05) is 12.0 Å². The highest BCUT2D eigenvalue weighted by molar-refractivity contribution is 7.99. The average molecular weight is 266 g/mol. The molecular formula is C13H18N2O2S. The molecule has 1 amide bonds. The van der Waals surface area contributed by atoms with Crippen LogP contribution in [0.3, 0.4) is 0 Å². The number of phenolic OH excluding ortho intramolecular Hbond substituents is 1. The summed E-state index contributed by atoms with van der Waals surface area (Å²) in [4.78, 5) is 12.1. The molecule has 1 aromatic carbocycles. The minimum Gasteiger partial charge on any atom is -0.506 e. The maximum Gasteiger partial charge on any atom is 0.251 e. The number of phenols is 1. The lowest BCUT2D eigenvalue weighted by Crippen LogP contribution is -2.38. The summed E-state index contributed by atoms with van der Waals surface area (Å²) in [7, 11) is 0. The molecule has 0 aliphatic heterocycles. The zero-order chi connectivity index (χ0) is 13.1. The van der Waals surface area contributed by atoms with Crippen LogP contribution in [-0.2, 0) is 0 Å². The molecule has 4 N–H and O–H groups in total. The fourth-order valence-electron chi connectivity index (χ4n) is 2.31. The lowest BCUT2D eigenvalue weighted by Gasteiger charge is -2.19. The first-order valence-corrected chi connectivity index (χ1v) is 7.32. The summed E-state index contributed by atoms with van der Waals surface area (Å²) in [5, 5.41) is 13.0. The molecular weight excluding hydrogens is 248 g/mol. The molecule has 0 bridgehead atoms. The fourth-order valence-corrected chi connectivity index (χ4v) is 3.24. The number of rotatable bonds is 3. The Morgan fingerprint density at radius 3 is 2.94 bits per heavy atom. The van der Waals surface area contributed by atoms with Gasteiger partial charge in [0.15, 0.2) is 0 Å². The fraction of sp³-hybridized carbons (Fsp3) is 0.462. The van der Waals surface area contributed by atoms with Gasteiger partial charge in [-0.15, -0.1) is 0 Å². The van der Waals surface area contributed by atoms with Gasteiger partial charge < -0.3 is 16.2 Å². The van der Waals surface area contributed by atoms with Crippen LogP contribution in [0.1, 0.15) is 29.6 Å². The van der Waals surface area contributed by atoms with Crippen LogP contribution < -0.4 is 11.1 Å². The predicted molar refractivity (Wildman–Crippen MR) is 74.9 cm³/mol.